The second kappa shape index (κ2) is 4.29. The summed E-state index contributed by atoms with van der Waals surface area (Å²) in [6.45, 7) is 0.387. The Hall–Kier alpha value is -1.53. The van der Waals surface area contributed by atoms with Crippen LogP contribution in [0.3, 0.4) is 0 Å². The van der Waals surface area contributed by atoms with Crippen LogP contribution in [0.15, 0.2) is 48.5 Å². The second-order valence-corrected chi connectivity index (χ2v) is 5.51. The molecule has 1 heterocycles. The summed E-state index contributed by atoms with van der Waals surface area (Å²) in [5.41, 5.74) is 2.78. The van der Waals surface area contributed by atoms with Gasteiger partial charge in [0.05, 0.1) is 0 Å². The van der Waals surface area contributed by atoms with Crippen molar-refractivity contribution in [1.82, 2.24) is 4.72 Å². The normalized spacial score (nSPS) is 18.6. The monoisotopic (exact) mass is 263 g/mol. The van der Waals surface area contributed by atoms with Gasteiger partial charge in [0, 0.05) is 17.7 Å². The van der Waals surface area contributed by atoms with Crippen molar-refractivity contribution in [1.29, 1.82) is 0 Å². The summed E-state index contributed by atoms with van der Waals surface area (Å²) in [7, 11) is 0. The van der Waals surface area contributed by atoms with E-state index in [1.165, 1.54) is 0 Å². The molecule has 0 atom stereocenters. The Morgan fingerprint density at radius 3 is 2.56 bits per heavy atom. The fourth-order valence-electron chi connectivity index (χ4n) is 1.98. The molecule has 2 aromatic carbocycles. The van der Waals surface area contributed by atoms with Crippen LogP contribution in [0, 0.1) is 0 Å². The molecule has 0 spiro atoms. The van der Waals surface area contributed by atoms with E-state index in [0.29, 0.717) is 12.3 Å². The maximum absolute atomic E-state index is 9.60. The first-order valence-electron chi connectivity index (χ1n) is 5.55. The molecule has 0 radical (unpaired) electrons. The topological polar surface area (TPSA) is 61.7 Å². The van der Waals surface area contributed by atoms with Gasteiger partial charge < -0.3 is 4.18 Å². The zero-order valence-electron chi connectivity index (χ0n) is 9.54. The highest BCUT2D eigenvalue weighted by Crippen LogP contribution is 2.46. The Bertz CT molecular complexity index is 572. The predicted octanol–water partition coefficient (Wildman–Crippen LogP) is 3.42. The van der Waals surface area contributed by atoms with Crippen molar-refractivity contribution >= 4 is 11.1 Å². The molecule has 5 heteroatoms. The van der Waals surface area contributed by atoms with Gasteiger partial charge in [-0.15, -0.1) is 0 Å². The second-order valence-electron chi connectivity index (χ2n) is 4.06. The highest BCUT2D eigenvalue weighted by molar-refractivity contribution is 8.18. The molecule has 2 aromatic rings. The summed E-state index contributed by atoms with van der Waals surface area (Å²) in [5, 5.41) is 0. The van der Waals surface area contributed by atoms with Gasteiger partial charge in [-0.1, -0.05) is 48.5 Å². The third-order valence-corrected chi connectivity index (χ3v) is 3.75. The lowest BCUT2D eigenvalue weighted by Crippen LogP contribution is -2.28. The van der Waals surface area contributed by atoms with E-state index in [-0.39, 0.29) is 0 Å². The molecule has 1 aliphatic rings. The first kappa shape index (κ1) is 11.6. The Labute approximate surface area is 107 Å². The lowest BCUT2D eigenvalue weighted by Gasteiger charge is -2.33. The van der Waals surface area contributed by atoms with Crippen molar-refractivity contribution in [2.75, 3.05) is 0 Å². The van der Waals surface area contributed by atoms with Crippen LogP contribution in [0.1, 0.15) is 5.56 Å². The van der Waals surface area contributed by atoms with Crippen LogP contribution in [0.25, 0.3) is 11.1 Å². The lowest BCUT2D eigenvalue weighted by molar-refractivity contribution is 0.355. The van der Waals surface area contributed by atoms with Gasteiger partial charge in [0.1, 0.15) is 0 Å². The third kappa shape index (κ3) is 2.09. The Morgan fingerprint density at radius 2 is 1.78 bits per heavy atom. The minimum atomic E-state index is -3.18. The molecule has 0 fully saturated rings. The summed E-state index contributed by atoms with van der Waals surface area (Å²) in [4.78, 5) is 0. The maximum Gasteiger partial charge on any atom is 0.203 e. The molecule has 3 N–H and O–H groups in total. The summed E-state index contributed by atoms with van der Waals surface area (Å²) >= 11 is -3.18. The van der Waals surface area contributed by atoms with Crippen molar-refractivity contribution < 1.29 is 13.3 Å². The molecule has 0 saturated heterocycles. The smallest absolute Gasteiger partial charge is 0.203 e. The minimum Gasteiger partial charge on any atom is -0.391 e. The van der Waals surface area contributed by atoms with E-state index in [4.69, 9.17) is 4.18 Å². The van der Waals surface area contributed by atoms with Gasteiger partial charge in [-0.25, -0.2) is 4.72 Å². The quantitative estimate of drug-likeness (QED) is 0.737. The zero-order chi connectivity index (χ0) is 12.6. The summed E-state index contributed by atoms with van der Waals surface area (Å²) in [5.74, 6) is 0.544. The molecular weight excluding hydrogens is 250 g/mol. The van der Waals surface area contributed by atoms with E-state index < -0.39 is 11.1 Å². The van der Waals surface area contributed by atoms with Crippen LogP contribution in [0.2, 0.25) is 0 Å². The van der Waals surface area contributed by atoms with E-state index in [0.717, 1.165) is 16.7 Å². The average molecular weight is 263 g/mol. The molecule has 94 valence electrons. The first-order valence-corrected chi connectivity index (χ1v) is 7.02. The van der Waals surface area contributed by atoms with Gasteiger partial charge in [0.2, 0.25) is 11.1 Å². The highest BCUT2D eigenvalue weighted by atomic mass is 32.3. The number of fused-ring (bicyclic) bond motifs is 1. The van der Waals surface area contributed by atoms with Crippen LogP contribution >= 0.6 is 11.1 Å². The van der Waals surface area contributed by atoms with Crippen LogP contribution in [0.4, 0.5) is 0 Å². The summed E-state index contributed by atoms with van der Waals surface area (Å²) in [6.07, 6.45) is 0. The molecule has 0 aliphatic carbocycles. The van der Waals surface area contributed by atoms with Crippen molar-refractivity contribution in [2.24, 2.45) is 0 Å². The minimum absolute atomic E-state index is 0.387. The summed E-state index contributed by atoms with van der Waals surface area (Å²) in [6, 6.07) is 15.5. The molecule has 18 heavy (non-hydrogen) atoms. The fourth-order valence-corrected chi connectivity index (χ4v) is 2.82. The molecule has 0 amide bonds. The van der Waals surface area contributed by atoms with E-state index >= 15 is 0 Å². The molecule has 0 unspecified atom stereocenters. The van der Waals surface area contributed by atoms with Crippen molar-refractivity contribution in [3.05, 3.63) is 54.1 Å². The maximum atomic E-state index is 9.60. The number of hydrogen-bond acceptors (Lipinski definition) is 4. The molecule has 0 saturated carbocycles. The molecular formula is C13H13NO3S. The molecule has 1 aliphatic heterocycles. The van der Waals surface area contributed by atoms with Crippen molar-refractivity contribution in [2.45, 2.75) is 6.54 Å². The lowest BCUT2D eigenvalue weighted by atomic mass is 10.0. The predicted molar refractivity (Wildman–Crippen MR) is 72.2 cm³/mol. The van der Waals surface area contributed by atoms with Gasteiger partial charge >= 0.3 is 0 Å². The van der Waals surface area contributed by atoms with Crippen molar-refractivity contribution in [3.63, 3.8) is 0 Å². The van der Waals surface area contributed by atoms with Gasteiger partial charge in [-0.05, 0) is 5.56 Å². The SMILES string of the molecule is OS1(O)NCc2cccc(-c3ccccc3)c2O1. The Kier molecular flexibility index (Phi) is 2.76. The Morgan fingerprint density at radius 1 is 1.00 bits per heavy atom. The van der Waals surface area contributed by atoms with E-state index in [1.54, 1.807) is 0 Å². The average Bonchev–Trinajstić information content (AvgIpc) is 2.38. The largest absolute Gasteiger partial charge is 0.391 e. The van der Waals surface area contributed by atoms with Crippen molar-refractivity contribution in [3.8, 4) is 16.9 Å². The number of rotatable bonds is 1. The Balaban J connectivity index is 2.12. The molecule has 0 bridgehead atoms. The van der Waals surface area contributed by atoms with Gasteiger partial charge in [0.15, 0.2) is 5.75 Å². The van der Waals surface area contributed by atoms with E-state index in [2.05, 4.69) is 4.72 Å². The standard InChI is InChI=1S/C13H13NO3S/c15-18(16)14-9-11-7-4-8-12(13(11)17-18)10-5-2-1-3-6-10/h1-8,14-16H,9H2. The third-order valence-electron chi connectivity index (χ3n) is 2.83. The van der Waals surface area contributed by atoms with Crippen LogP contribution in [-0.2, 0) is 6.54 Å². The highest BCUT2D eigenvalue weighted by Gasteiger charge is 2.28. The van der Waals surface area contributed by atoms with Gasteiger partial charge in [-0.3, -0.25) is 9.11 Å². The zero-order valence-corrected chi connectivity index (χ0v) is 10.4. The van der Waals surface area contributed by atoms with Crippen LogP contribution < -0.4 is 8.91 Å². The van der Waals surface area contributed by atoms with Crippen LogP contribution in [0.5, 0.6) is 5.75 Å². The van der Waals surface area contributed by atoms with E-state index in [1.807, 2.05) is 48.5 Å². The molecule has 4 nitrogen and oxygen atoms in total. The van der Waals surface area contributed by atoms with Crippen LogP contribution in [-0.4, -0.2) is 9.11 Å². The first-order chi connectivity index (χ1) is 8.66. The number of benzene rings is 2. The fraction of sp³-hybridized carbons (Fsp3) is 0.0769. The number of hydrogen-bond donors (Lipinski definition) is 3. The molecule has 0 aromatic heterocycles. The number of nitrogens with one attached hydrogen (secondary N) is 1. The molecule has 3 rings (SSSR count). The van der Waals surface area contributed by atoms with E-state index in [9.17, 15) is 9.11 Å². The number of para-hydroxylation sites is 1. The van der Waals surface area contributed by atoms with Gasteiger partial charge in [0.25, 0.3) is 0 Å². The van der Waals surface area contributed by atoms with Gasteiger partial charge in [-0.2, -0.15) is 0 Å². The summed E-state index contributed by atoms with van der Waals surface area (Å²) < 4.78 is 27.0.